The number of hydrogen-bond acceptors (Lipinski definition) is 6. The summed E-state index contributed by atoms with van der Waals surface area (Å²) < 4.78 is 17.3. The van der Waals surface area contributed by atoms with Gasteiger partial charge in [0.2, 0.25) is 0 Å². The van der Waals surface area contributed by atoms with E-state index in [-0.39, 0.29) is 6.61 Å². The molecule has 0 unspecified atom stereocenters. The van der Waals surface area contributed by atoms with Gasteiger partial charge in [-0.05, 0) is 55.6 Å². The number of likely N-dealkylation sites (tertiary alicyclic amines) is 1. The number of hydrogen-bond donors (Lipinski definition) is 1. The highest BCUT2D eigenvalue weighted by molar-refractivity contribution is 6.42. The van der Waals surface area contributed by atoms with Crippen LogP contribution in [0.4, 0.5) is 0 Å². The number of benzene rings is 2. The topological polar surface area (TPSA) is 54.4 Å². The Morgan fingerprint density at radius 2 is 1.71 bits per heavy atom. The van der Waals surface area contributed by atoms with Gasteiger partial charge < -0.3 is 19.3 Å². The summed E-state index contributed by atoms with van der Waals surface area (Å²) in [6.45, 7) is 7.99. The molecular formula is C26H34Cl2N2O4. The van der Waals surface area contributed by atoms with Crippen LogP contribution in [0.15, 0.2) is 42.5 Å². The predicted octanol–water partition coefficient (Wildman–Crippen LogP) is 4.50. The van der Waals surface area contributed by atoms with Crippen molar-refractivity contribution in [2.45, 2.75) is 31.4 Å². The second-order valence-electron chi connectivity index (χ2n) is 9.17. The Bertz CT molecular complexity index is 925. The molecule has 0 bridgehead atoms. The number of aliphatic hydroxyl groups is 1. The molecule has 0 saturated carbocycles. The van der Waals surface area contributed by atoms with E-state index in [1.807, 2.05) is 6.07 Å². The standard InChI is InChI=1S/C26H34Cl2N2O4/c27-24-6-5-23(18-25(24)28)34-20-26(31)7-2-9-30(10-8-26)19-21-3-1-4-22(17-21)33-16-13-29-11-14-32-15-12-29/h1,3-6,17-18,31H,2,7-16,19-20H2/t26-/m1/s1. The van der Waals surface area contributed by atoms with Crippen LogP contribution in [-0.4, -0.2) is 79.7 Å². The molecule has 2 saturated heterocycles. The van der Waals surface area contributed by atoms with E-state index in [4.69, 9.17) is 37.4 Å². The number of rotatable bonds is 9. The maximum Gasteiger partial charge on any atom is 0.121 e. The van der Waals surface area contributed by atoms with Crippen LogP contribution in [0.3, 0.4) is 0 Å². The second kappa shape index (κ2) is 12.4. The quantitative estimate of drug-likeness (QED) is 0.538. The van der Waals surface area contributed by atoms with Crippen LogP contribution in [0.1, 0.15) is 24.8 Å². The molecule has 2 aromatic rings. The molecule has 0 aliphatic carbocycles. The molecule has 2 aromatic carbocycles. The van der Waals surface area contributed by atoms with E-state index in [9.17, 15) is 5.11 Å². The van der Waals surface area contributed by atoms with Crippen molar-refractivity contribution in [3.05, 3.63) is 58.1 Å². The van der Waals surface area contributed by atoms with Crippen molar-refractivity contribution in [1.82, 2.24) is 9.80 Å². The normalized spacial score (nSPS) is 22.3. The summed E-state index contributed by atoms with van der Waals surface area (Å²) >= 11 is 12.0. The average Bonchev–Trinajstić information content (AvgIpc) is 3.02. The van der Waals surface area contributed by atoms with Gasteiger partial charge in [0, 0.05) is 38.8 Å². The Balaban J connectivity index is 1.23. The van der Waals surface area contributed by atoms with Gasteiger partial charge in [0.25, 0.3) is 0 Å². The molecule has 1 N–H and O–H groups in total. The summed E-state index contributed by atoms with van der Waals surface area (Å²) in [5.41, 5.74) is 0.368. The predicted molar refractivity (Wildman–Crippen MR) is 135 cm³/mol. The monoisotopic (exact) mass is 508 g/mol. The molecule has 2 aliphatic heterocycles. The minimum atomic E-state index is -0.856. The average molecular weight is 509 g/mol. The van der Waals surface area contributed by atoms with Crippen molar-refractivity contribution in [3.8, 4) is 11.5 Å². The van der Waals surface area contributed by atoms with Gasteiger partial charge >= 0.3 is 0 Å². The van der Waals surface area contributed by atoms with Gasteiger partial charge in [-0.25, -0.2) is 0 Å². The lowest BCUT2D eigenvalue weighted by Crippen LogP contribution is -2.38. The lowest BCUT2D eigenvalue weighted by atomic mass is 9.96. The SMILES string of the molecule is O[C@]1(COc2ccc(Cl)c(Cl)c2)CCCN(Cc2cccc(OCCN3CCOCC3)c2)CC1. The second-order valence-corrected chi connectivity index (χ2v) is 9.98. The molecule has 4 rings (SSSR count). The Hall–Kier alpha value is -1.54. The molecule has 2 heterocycles. The Labute approximate surface area is 212 Å². The van der Waals surface area contributed by atoms with E-state index in [1.165, 1.54) is 5.56 Å². The van der Waals surface area contributed by atoms with Crippen molar-refractivity contribution < 1.29 is 19.3 Å². The third kappa shape index (κ3) is 7.74. The van der Waals surface area contributed by atoms with Crippen molar-refractivity contribution >= 4 is 23.2 Å². The number of ether oxygens (including phenoxy) is 3. The van der Waals surface area contributed by atoms with Gasteiger partial charge in [0.1, 0.15) is 24.7 Å². The molecule has 0 aromatic heterocycles. The molecule has 8 heteroatoms. The molecule has 0 spiro atoms. The molecule has 2 fully saturated rings. The zero-order valence-corrected chi connectivity index (χ0v) is 21.1. The maximum absolute atomic E-state index is 11.1. The zero-order valence-electron chi connectivity index (χ0n) is 19.6. The van der Waals surface area contributed by atoms with E-state index in [0.29, 0.717) is 35.2 Å². The van der Waals surface area contributed by atoms with Crippen LogP contribution in [0.25, 0.3) is 0 Å². The molecule has 6 nitrogen and oxygen atoms in total. The van der Waals surface area contributed by atoms with Crippen molar-refractivity contribution in [2.24, 2.45) is 0 Å². The summed E-state index contributed by atoms with van der Waals surface area (Å²) in [4.78, 5) is 4.76. The molecule has 0 radical (unpaired) electrons. The van der Waals surface area contributed by atoms with Crippen molar-refractivity contribution in [3.63, 3.8) is 0 Å². The fourth-order valence-corrected chi connectivity index (χ4v) is 4.72. The number of nitrogens with zero attached hydrogens (tertiary/aromatic N) is 2. The summed E-state index contributed by atoms with van der Waals surface area (Å²) in [6, 6.07) is 13.5. The fourth-order valence-electron chi connectivity index (χ4n) is 4.43. The summed E-state index contributed by atoms with van der Waals surface area (Å²) in [5.74, 6) is 1.53. The van der Waals surface area contributed by atoms with Gasteiger partial charge in [-0.15, -0.1) is 0 Å². The highest BCUT2D eigenvalue weighted by Crippen LogP contribution is 2.29. The lowest BCUT2D eigenvalue weighted by Gasteiger charge is -2.27. The molecular weight excluding hydrogens is 475 g/mol. The fraction of sp³-hybridized carbons (Fsp3) is 0.538. The molecule has 34 heavy (non-hydrogen) atoms. The Morgan fingerprint density at radius 1 is 0.882 bits per heavy atom. The smallest absolute Gasteiger partial charge is 0.121 e. The minimum absolute atomic E-state index is 0.241. The van der Waals surface area contributed by atoms with E-state index < -0.39 is 5.60 Å². The summed E-state index contributed by atoms with van der Waals surface area (Å²) in [7, 11) is 0. The van der Waals surface area contributed by atoms with Crippen LogP contribution in [0, 0.1) is 0 Å². The van der Waals surface area contributed by atoms with E-state index in [2.05, 4.69) is 28.0 Å². The molecule has 0 amide bonds. The lowest BCUT2D eigenvalue weighted by molar-refractivity contribution is -0.0168. The Kier molecular flexibility index (Phi) is 9.34. The minimum Gasteiger partial charge on any atom is -0.492 e. The van der Waals surface area contributed by atoms with E-state index >= 15 is 0 Å². The van der Waals surface area contributed by atoms with Gasteiger partial charge in [0.15, 0.2) is 0 Å². The maximum atomic E-state index is 11.1. The third-order valence-corrected chi connectivity index (χ3v) is 7.23. The first-order chi connectivity index (χ1) is 16.5. The van der Waals surface area contributed by atoms with Crippen molar-refractivity contribution in [1.29, 1.82) is 0 Å². The van der Waals surface area contributed by atoms with E-state index in [0.717, 1.165) is 64.7 Å². The summed E-state index contributed by atoms with van der Waals surface area (Å²) in [6.07, 6.45) is 2.27. The first-order valence-electron chi connectivity index (χ1n) is 12.0. The van der Waals surface area contributed by atoms with Crippen LogP contribution < -0.4 is 9.47 Å². The van der Waals surface area contributed by atoms with Crippen molar-refractivity contribution in [2.75, 3.05) is 59.2 Å². The van der Waals surface area contributed by atoms with Gasteiger partial charge in [-0.3, -0.25) is 9.80 Å². The van der Waals surface area contributed by atoms with Crippen LogP contribution in [0.2, 0.25) is 10.0 Å². The highest BCUT2D eigenvalue weighted by atomic mass is 35.5. The first kappa shape index (κ1) is 25.5. The van der Waals surface area contributed by atoms with E-state index in [1.54, 1.807) is 18.2 Å². The molecule has 2 aliphatic rings. The Morgan fingerprint density at radius 3 is 2.53 bits per heavy atom. The number of halogens is 2. The summed E-state index contributed by atoms with van der Waals surface area (Å²) in [5, 5.41) is 12.1. The van der Waals surface area contributed by atoms with Crippen LogP contribution in [0.5, 0.6) is 11.5 Å². The van der Waals surface area contributed by atoms with Gasteiger partial charge in [0.05, 0.1) is 28.9 Å². The largest absolute Gasteiger partial charge is 0.492 e. The first-order valence-corrected chi connectivity index (χ1v) is 12.8. The highest BCUT2D eigenvalue weighted by Gasteiger charge is 2.31. The number of morpholine rings is 1. The van der Waals surface area contributed by atoms with Gasteiger partial charge in [-0.2, -0.15) is 0 Å². The zero-order chi connectivity index (χ0) is 23.8. The molecule has 1 atom stereocenters. The van der Waals surface area contributed by atoms with Gasteiger partial charge in [-0.1, -0.05) is 35.3 Å². The molecule has 186 valence electrons. The van der Waals surface area contributed by atoms with Crippen LogP contribution in [-0.2, 0) is 11.3 Å². The third-order valence-electron chi connectivity index (χ3n) is 6.49. The van der Waals surface area contributed by atoms with Crippen LogP contribution >= 0.6 is 23.2 Å².